The van der Waals surface area contributed by atoms with Crippen molar-refractivity contribution in [1.82, 2.24) is 40.6 Å². The lowest BCUT2D eigenvalue weighted by Gasteiger charge is -2.43. The largest absolute Gasteiger partial charge is 0.478 e. The number of nitrogens with two attached hydrogens (primary N) is 1. The number of oxime groups is 1. The summed E-state index contributed by atoms with van der Waals surface area (Å²) in [5, 5.41) is 34.1. The number of rotatable bonds is 14. The molecule has 1 aromatic heterocycles. The van der Waals surface area contributed by atoms with Crippen molar-refractivity contribution in [3.05, 3.63) is 23.0 Å². The number of hydrogen-bond acceptors (Lipinski definition) is 14. The minimum absolute atomic E-state index is 0.116. The molecular formula is C19H28N10O8S2. The number of thioether (sulfide) groups is 1. The normalized spacial score (nSPS) is 24.0. The second-order valence-electron chi connectivity index (χ2n) is 8.86. The van der Waals surface area contributed by atoms with E-state index in [1.807, 2.05) is 7.05 Å². The lowest BCUT2D eigenvalue weighted by atomic mass is 9.98. The summed E-state index contributed by atoms with van der Waals surface area (Å²) in [6.45, 7) is 1.50. The number of carbonyl (C=O) groups excluding carboxylic acids is 2. The average Bonchev–Trinajstić information content (AvgIpc) is 3.33. The number of likely N-dealkylation sites (N-methyl/N-ethyl adjacent to an activating group) is 1. The van der Waals surface area contributed by atoms with Crippen LogP contribution in [0.1, 0.15) is 18.5 Å². The predicted octanol–water partition coefficient (Wildman–Crippen LogP) is -3.50. The lowest BCUT2D eigenvalue weighted by Crippen LogP contribution is -2.73. The summed E-state index contributed by atoms with van der Waals surface area (Å²) < 4.78 is 33.6. The number of hydrogen-bond donors (Lipinski definition) is 7. The van der Waals surface area contributed by atoms with Crippen molar-refractivity contribution in [3.63, 3.8) is 0 Å². The van der Waals surface area contributed by atoms with E-state index in [4.69, 9.17) is 10.6 Å². The number of carboxylic acids is 1. The number of aromatic nitrogens is 3. The highest BCUT2D eigenvalue weighted by Crippen LogP contribution is 2.40. The Morgan fingerprint density at radius 1 is 1.38 bits per heavy atom. The number of carbonyl (C=O) groups is 3. The van der Waals surface area contributed by atoms with Crippen molar-refractivity contribution in [1.29, 1.82) is 0 Å². The number of carboxylic acid groups (broad SMARTS) is 1. The van der Waals surface area contributed by atoms with E-state index in [0.717, 1.165) is 23.1 Å². The van der Waals surface area contributed by atoms with Crippen LogP contribution < -0.4 is 27.0 Å². The molecule has 3 heterocycles. The fraction of sp³-hybridized carbons (Fsp3) is 0.579. The molecule has 0 aromatic carbocycles. The molecule has 1 saturated carbocycles. The van der Waals surface area contributed by atoms with Crippen molar-refractivity contribution in [2.24, 2.45) is 10.9 Å². The number of nitrogens with one attached hydrogen (secondary N) is 4. The SMILES string of the molecule is CNCCNCc1cnn(CC2C(NC(=O)/C(=N\OC3(C(=O)O)CC3)C3=CSC(N)N3)C(=O)N2S(=O)(=O)O)n1. The van der Waals surface area contributed by atoms with Crippen molar-refractivity contribution < 1.29 is 37.3 Å². The monoisotopic (exact) mass is 588 g/mol. The topological polar surface area (TPSA) is 255 Å². The summed E-state index contributed by atoms with van der Waals surface area (Å²) in [4.78, 5) is 43.6. The highest BCUT2D eigenvalue weighted by atomic mass is 32.2. The molecule has 3 atom stereocenters. The molecule has 4 rings (SSSR count). The van der Waals surface area contributed by atoms with Crippen LogP contribution in [0, 0.1) is 0 Å². The van der Waals surface area contributed by atoms with E-state index in [0.29, 0.717) is 18.8 Å². The van der Waals surface area contributed by atoms with Gasteiger partial charge >= 0.3 is 16.3 Å². The fourth-order valence-corrected chi connectivity index (χ4v) is 5.27. The van der Waals surface area contributed by atoms with E-state index < -0.39 is 57.0 Å². The van der Waals surface area contributed by atoms with Crippen LogP contribution in [0.25, 0.3) is 0 Å². The van der Waals surface area contributed by atoms with Crippen LogP contribution in [0.15, 0.2) is 22.5 Å². The van der Waals surface area contributed by atoms with Crippen LogP contribution in [0.2, 0.25) is 0 Å². The Labute approximate surface area is 226 Å². The van der Waals surface area contributed by atoms with Gasteiger partial charge in [-0.1, -0.05) is 16.9 Å². The van der Waals surface area contributed by atoms with E-state index in [1.54, 1.807) is 0 Å². The second-order valence-corrected chi connectivity index (χ2v) is 11.2. The van der Waals surface area contributed by atoms with Crippen LogP contribution in [-0.2, 0) is 42.6 Å². The van der Waals surface area contributed by atoms with Crippen LogP contribution >= 0.6 is 11.8 Å². The highest BCUT2D eigenvalue weighted by molar-refractivity contribution is 8.02. The van der Waals surface area contributed by atoms with Crippen molar-refractivity contribution >= 4 is 45.6 Å². The number of β-lactam (4-membered cyclic amide) rings is 1. The molecule has 0 bridgehead atoms. The van der Waals surface area contributed by atoms with Gasteiger partial charge in [0.25, 0.3) is 11.8 Å². The Morgan fingerprint density at radius 3 is 2.72 bits per heavy atom. The Balaban J connectivity index is 1.50. The smallest absolute Gasteiger partial charge is 0.362 e. The van der Waals surface area contributed by atoms with Gasteiger partial charge in [-0.15, -0.1) is 0 Å². The number of amides is 2. The second kappa shape index (κ2) is 11.4. The molecule has 1 aliphatic carbocycles. The van der Waals surface area contributed by atoms with Gasteiger partial charge in [0.05, 0.1) is 24.1 Å². The maximum Gasteiger partial charge on any atom is 0.362 e. The van der Waals surface area contributed by atoms with Crippen LogP contribution in [0.5, 0.6) is 0 Å². The number of nitrogens with zero attached hydrogens (tertiary/aromatic N) is 5. The first-order valence-corrected chi connectivity index (χ1v) is 14.0. The molecule has 214 valence electrons. The first-order chi connectivity index (χ1) is 18.4. The Hall–Kier alpha value is -3.30. The molecular weight excluding hydrogens is 560 g/mol. The molecule has 3 unspecified atom stereocenters. The maximum absolute atomic E-state index is 13.2. The van der Waals surface area contributed by atoms with Gasteiger partial charge in [-0.3, -0.25) is 14.1 Å². The molecule has 2 fully saturated rings. The van der Waals surface area contributed by atoms with Crippen molar-refractivity contribution in [3.8, 4) is 0 Å². The molecule has 39 heavy (non-hydrogen) atoms. The van der Waals surface area contributed by atoms with Crippen LogP contribution in [-0.4, -0.2) is 104 Å². The molecule has 2 amide bonds. The quantitative estimate of drug-likeness (QED) is 0.0366. The molecule has 0 spiro atoms. The molecule has 0 radical (unpaired) electrons. The minimum atomic E-state index is -4.96. The standard InChI is InChI=1S/C19H28N10O8S2/c1-21-4-5-22-6-10-7-23-28(26-10)8-12-14(16(31)29(12)39(34,35)36)25-15(30)13(11-9-38-18(20)24-11)27-37-19(2-3-19)17(32)33/h7,9,12,14,18,21-22,24H,2-6,8,20H2,1H3,(H,25,30)(H,32,33)(H,34,35,36)/b27-13-. The van der Waals surface area contributed by atoms with Gasteiger partial charge in [0.1, 0.15) is 17.6 Å². The summed E-state index contributed by atoms with van der Waals surface area (Å²) in [5.74, 6) is -3.31. The van der Waals surface area contributed by atoms with E-state index in [1.165, 1.54) is 11.6 Å². The van der Waals surface area contributed by atoms with Crippen molar-refractivity contribution in [2.45, 2.75) is 49.1 Å². The van der Waals surface area contributed by atoms with Crippen molar-refractivity contribution in [2.75, 3.05) is 20.1 Å². The molecule has 8 N–H and O–H groups in total. The highest BCUT2D eigenvalue weighted by Gasteiger charge is 2.56. The van der Waals surface area contributed by atoms with Crippen LogP contribution in [0.3, 0.4) is 0 Å². The van der Waals surface area contributed by atoms with E-state index in [-0.39, 0.29) is 29.4 Å². The Morgan fingerprint density at radius 2 is 2.13 bits per heavy atom. The summed E-state index contributed by atoms with van der Waals surface area (Å²) in [5.41, 5.74) is 3.88. The van der Waals surface area contributed by atoms with Gasteiger partial charge in [0.15, 0.2) is 5.71 Å². The van der Waals surface area contributed by atoms with Gasteiger partial charge in [-0.05, 0) is 7.05 Å². The summed E-state index contributed by atoms with van der Waals surface area (Å²) in [6.07, 6.45) is 1.84. The van der Waals surface area contributed by atoms with Gasteiger partial charge < -0.3 is 36.9 Å². The first kappa shape index (κ1) is 28.7. The predicted molar refractivity (Wildman–Crippen MR) is 135 cm³/mol. The van der Waals surface area contributed by atoms with Gasteiger partial charge in [0, 0.05) is 37.9 Å². The lowest BCUT2D eigenvalue weighted by molar-refractivity contribution is -0.153. The van der Waals surface area contributed by atoms with E-state index >= 15 is 0 Å². The van der Waals surface area contributed by atoms with Gasteiger partial charge in [-0.25, -0.2) is 9.10 Å². The Kier molecular flexibility index (Phi) is 8.42. The van der Waals surface area contributed by atoms with Gasteiger partial charge in [0.2, 0.25) is 5.60 Å². The molecule has 18 nitrogen and oxygen atoms in total. The van der Waals surface area contributed by atoms with E-state index in [2.05, 4.69) is 36.6 Å². The zero-order valence-corrected chi connectivity index (χ0v) is 22.2. The molecule has 20 heteroatoms. The van der Waals surface area contributed by atoms with E-state index in [9.17, 15) is 32.5 Å². The third kappa shape index (κ3) is 6.47. The Bertz CT molecular complexity index is 1290. The molecule has 1 aromatic rings. The first-order valence-electron chi connectivity index (χ1n) is 11.7. The number of aliphatic carboxylic acids is 1. The third-order valence-electron chi connectivity index (χ3n) is 6.00. The van der Waals surface area contributed by atoms with Gasteiger partial charge in [-0.2, -0.15) is 23.4 Å². The fourth-order valence-electron chi connectivity index (χ4n) is 3.74. The molecule has 3 aliphatic rings. The zero-order chi connectivity index (χ0) is 28.4. The zero-order valence-electron chi connectivity index (χ0n) is 20.6. The minimum Gasteiger partial charge on any atom is -0.478 e. The summed E-state index contributed by atoms with van der Waals surface area (Å²) in [7, 11) is -3.15. The van der Waals surface area contributed by atoms with Crippen LogP contribution in [0.4, 0.5) is 0 Å². The molecule has 1 saturated heterocycles. The summed E-state index contributed by atoms with van der Waals surface area (Å²) in [6, 6.07) is -2.68. The average molecular weight is 589 g/mol. The third-order valence-corrected chi connectivity index (χ3v) is 7.73. The maximum atomic E-state index is 13.2. The summed E-state index contributed by atoms with van der Waals surface area (Å²) >= 11 is 1.12. The molecule has 2 aliphatic heterocycles.